The van der Waals surface area contributed by atoms with Crippen molar-refractivity contribution in [3.63, 3.8) is 0 Å². The number of ether oxygens (including phenoxy) is 1. The summed E-state index contributed by atoms with van der Waals surface area (Å²) >= 11 is 0. The van der Waals surface area contributed by atoms with Crippen LogP contribution in [0.1, 0.15) is 48.6 Å². The summed E-state index contributed by atoms with van der Waals surface area (Å²) in [5, 5.41) is 21.9. The van der Waals surface area contributed by atoms with Crippen LogP contribution < -0.4 is 0 Å². The third-order valence-electron chi connectivity index (χ3n) is 5.49. The minimum atomic E-state index is -0.752. The van der Waals surface area contributed by atoms with Gasteiger partial charge in [0.15, 0.2) is 6.10 Å². The molecule has 2 atom stereocenters. The van der Waals surface area contributed by atoms with Crippen molar-refractivity contribution in [1.82, 2.24) is 4.57 Å². The molecule has 1 aromatic heterocycles. The molecule has 2 N–H and O–H groups in total. The predicted octanol–water partition coefficient (Wildman–Crippen LogP) is 4.47. The topological polar surface area (TPSA) is 71.7 Å². The van der Waals surface area contributed by atoms with Crippen LogP contribution in [0.2, 0.25) is 0 Å². The fourth-order valence-corrected chi connectivity index (χ4v) is 3.70. The van der Waals surface area contributed by atoms with Gasteiger partial charge in [-0.25, -0.2) is 0 Å². The van der Waals surface area contributed by atoms with Gasteiger partial charge in [0.1, 0.15) is 0 Å². The third-order valence-corrected chi connectivity index (χ3v) is 5.49. The van der Waals surface area contributed by atoms with Gasteiger partial charge < -0.3 is 14.9 Å². The van der Waals surface area contributed by atoms with Crippen LogP contribution in [0.25, 0.3) is 5.69 Å². The van der Waals surface area contributed by atoms with Gasteiger partial charge in [-0.2, -0.15) is 0 Å². The Hall–Kier alpha value is -3.21. The predicted molar refractivity (Wildman–Crippen MR) is 106 cm³/mol. The van der Waals surface area contributed by atoms with E-state index in [9.17, 15) is 15.0 Å². The SMILES string of the molecule is CCC(C)C(=O)OC1c2ccccc2Cc2c1c(O)n(-c1ccccc1)c2O. The Kier molecular flexibility index (Phi) is 4.59. The van der Waals surface area contributed by atoms with Crippen LogP contribution in [0.15, 0.2) is 54.6 Å². The van der Waals surface area contributed by atoms with Crippen LogP contribution in [-0.4, -0.2) is 20.7 Å². The van der Waals surface area contributed by atoms with Gasteiger partial charge in [0.25, 0.3) is 0 Å². The number of aromatic nitrogens is 1. The molecule has 2 aromatic carbocycles. The van der Waals surface area contributed by atoms with E-state index in [1.807, 2.05) is 56.3 Å². The highest BCUT2D eigenvalue weighted by Gasteiger charge is 2.37. The summed E-state index contributed by atoms with van der Waals surface area (Å²) in [5.41, 5.74) is 3.49. The Morgan fingerprint density at radius 1 is 1.11 bits per heavy atom. The van der Waals surface area contributed by atoms with E-state index in [1.54, 1.807) is 12.1 Å². The molecule has 5 heteroatoms. The minimum Gasteiger partial charge on any atom is -0.494 e. The summed E-state index contributed by atoms with van der Waals surface area (Å²) in [4.78, 5) is 12.6. The smallest absolute Gasteiger partial charge is 0.309 e. The molecule has 0 aliphatic heterocycles. The van der Waals surface area contributed by atoms with Crippen molar-refractivity contribution in [1.29, 1.82) is 0 Å². The van der Waals surface area contributed by atoms with Crippen LogP contribution in [0.4, 0.5) is 0 Å². The van der Waals surface area contributed by atoms with E-state index < -0.39 is 6.10 Å². The van der Waals surface area contributed by atoms with Gasteiger partial charge in [-0.15, -0.1) is 0 Å². The molecule has 0 fully saturated rings. The van der Waals surface area contributed by atoms with Crippen molar-refractivity contribution in [2.24, 2.45) is 5.92 Å². The number of aromatic hydroxyl groups is 2. The van der Waals surface area contributed by atoms with Gasteiger partial charge in [0.05, 0.1) is 17.2 Å². The van der Waals surface area contributed by atoms with E-state index in [4.69, 9.17) is 4.74 Å². The van der Waals surface area contributed by atoms with Crippen LogP contribution in [-0.2, 0) is 16.0 Å². The number of fused-ring (bicyclic) bond motifs is 2. The molecule has 144 valence electrons. The standard InChI is InChI=1S/C23H23NO4/c1-3-14(2)23(27)28-20-17-12-8-7-9-15(17)13-18-19(20)22(26)24(21(18)25)16-10-5-4-6-11-16/h4-12,14,20,25-26H,3,13H2,1-2H3. The zero-order chi connectivity index (χ0) is 19.8. The van der Waals surface area contributed by atoms with Crippen LogP contribution >= 0.6 is 0 Å². The summed E-state index contributed by atoms with van der Waals surface area (Å²) < 4.78 is 7.26. The minimum absolute atomic E-state index is 0.0298. The number of nitrogens with zero attached hydrogens (tertiary/aromatic N) is 1. The summed E-state index contributed by atoms with van der Waals surface area (Å²) in [6.07, 6.45) is 0.377. The summed E-state index contributed by atoms with van der Waals surface area (Å²) in [7, 11) is 0. The Bertz CT molecular complexity index is 1020. The number of rotatable bonds is 4. The lowest BCUT2D eigenvalue weighted by atomic mass is 9.85. The van der Waals surface area contributed by atoms with Crippen molar-refractivity contribution >= 4 is 5.97 Å². The Labute approximate surface area is 163 Å². The molecule has 3 aromatic rings. The van der Waals surface area contributed by atoms with Crippen molar-refractivity contribution in [3.8, 4) is 17.4 Å². The van der Waals surface area contributed by atoms with E-state index in [-0.39, 0.29) is 23.6 Å². The van der Waals surface area contributed by atoms with Gasteiger partial charge in [-0.1, -0.05) is 56.3 Å². The van der Waals surface area contributed by atoms with Gasteiger partial charge in [-0.3, -0.25) is 9.36 Å². The lowest BCUT2D eigenvalue weighted by Gasteiger charge is -2.27. The maximum absolute atomic E-state index is 12.6. The molecule has 0 amide bonds. The second kappa shape index (κ2) is 7.08. The molecule has 1 aliphatic rings. The molecule has 28 heavy (non-hydrogen) atoms. The zero-order valence-corrected chi connectivity index (χ0v) is 15.9. The van der Waals surface area contributed by atoms with Crippen LogP contribution in [0.5, 0.6) is 11.8 Å². The molecule has 1 aliphatic carbocycles. The Balaban J connectivity index is 1.88. The highest BCUT2D eigenvalue weighted by atomic mass is 16.5. The highest BCUT2D eigenvalue weighted by Crippen LogP contribution is 2.48. The van der Waals surface area contributed by atoms with Gasteiger partial charge in [-0.05, 0) is 24.1 Å². The highest BCUT2D eigenvalue weighted by molar-refractivity contribution is 5.73. The molecule has 4 rings (SSSR count). The van der Waals surface area contributed by atoms with Crippen molar-refractivity contribution in [2.75, 3.05) is 0 Å². The monoisotopic (exact) mass is 377 g/mol. The molecule has 0 saturated carbocycles. The largest absolute Gasteiger partial charge is 0.494 e. The third kappa shape index (κ3) is 2.83. The quantitative estimate of drug-likeness (QED) is 0.658. The second-order valence-electron chi connectivity index (χ2n) is 7.21. The summed E-state index contributed by atoms with van der Waals surface area (Å²) in [6, 6.07) is 16.8. The van der Waals surface area contributed by atoms with Gasteiger partial charge >= 0.3 is 5.97 Å². The normalized spacial score (nSPS) is 16.1. The number of esters is 1. The lowest BCUT2D eigenvalue weighted by Crippen LogP contribution is -2.22. The molecular formula is C23H23NO4. The number of hydrogen-bond acceptors (Lipinski definition) is 4. The molecule has 0 saturated heterocycles. The zero-order valence-electron chi connectivity index (χ0n) is 15.9. The van der Waals surface area contributed by atoms with E-state index in [0.717, 1.165) is 11.1 Å². The number of carbonyl (C=O) groups excluding carboxylic acids is 1. The first-order valence-corrected chi connectivity index (χ1v) is 9.52. The fourth-order valence-electron chi connectivity index (χ4n) is 3.70. The number of carbonyl (C=O) groups is 1. The molecule has 5 nitrogen and oxygen atoms in total. The summed E-state index contributed by atoms with van der Waals surface area (Å²) in [5.74, 6) is -0.695. The maximum atomic E-state index is 12.6. The van der Waals surface area contributed by atoms with Crippen molar-refractivity contribution < 1.29 is 19.7 Å². The first-order valence-electron chi connectivity index (χ1n) is 9.52. The molecule has 1 heterocycles. The molecule has 2 unspecified atom stereocenters. The van der Waals surface area contributed by atoms with E-state index in [1.165, 1.54) is 4.57 Å². The maximum Gasteiger partial charge on any atom is 0.309 e. The number of hydrogen-bond donors (Lipinski definition) is 2. The first kappa shape index (κ1) is 18.2. The van der Waals surface area contributed by atoms with E-state index in [2.05, 4.69) is 0 Å². The fraction of sp³-hybridized carbons (Fsp3) is 0.261. The van der Waals surface area contributed by atoms with Crippen LogP contribution in [0.3, 0.4) is 0 Å². The van der Waals surface area contributed by atoms with Crippen LogP contribution in [0, 0.1) is 5.92 Å². The van der Waals surface area contributed by atoms with E-state index >= 15 is 0 Å². The molecular weight excluding hydrogens is 354 g/mol. The number of benzene rings is 2. The average molecular weight is 377 g/mol. The second-order valence-corrected chi connectivity index (χ2v) is 7.21. The Morgan fingerprint density at radius 3 is 2.50 bits per heavy atom. The van der Waals surface area contributed by atoms with Gasteiger partial charge in [0.2, 0.25) is 11.8 Å². The average Bonchev–Trinajstić information content (AvgIpc) is 2.97. The Morgan fingerprint density at radius 2 is 1.79 bits per heavy atom. The summed E-state index contributed by atoms with van der Waals surface area (Å²) in [6.45, 7) is 3.76. The number of para-hydroxylation sites is 1. The van der Waals surface area contributed by atoms with Crippen molar-refractivity contribution in [3.05, 3.63) is 76.9 Å². The van der Waals surface area contributed by atoms with Gasteiger partial charge in [0, 0.05) is 17.5 Å². The molecule has 0 bridgehead atoms. The molecule has 0 spiro atoms. The molecule has 0 radical (unpaired) electrons. The lowest BCUT2D eigenvalue weighted by molar-refractivity contribution is -0.152. The van der Waals surface area contributed by atoms with Crippen molar-refractivity contribution in [2.45, 2.75) is 32.8 Å². The first-order chi connectivity index (χ1) is 13.5. The van der Waals surface area contributed by atoms with E-state index in [0.29, 0.717) is 29.7 Å².